The van der Waals surface area contributed by atoms with Crippen molar-refractivity contribution in [2.75, 3.05) is 0 Å². The molecule has 0 saturated carbocycles. The predicted octanol–water partition coefficient (Wildman–Crippen LogP) is 4.06. The topological polar surface area (TPSA) is 0 Å². The van der Waals surface area contributed by atoms with Gasteiger partial charge in [0.2, 0.25) is 0 Å². The Bertz CT molecular complexity index is 553. The van der Waals surface area contributed by atoms with Gasteiger partial charge >= 0.3 is 0 Å². The molecule has 90 valence electrons. The van der Waals surface area contributed by atoms with Gasteiger partial charge in [0, 0.05) is 0 Å². The van der Waals surface area contributed by atoms with Crippen LogP contribution < -0.4 is 0 Å². The molecule has 18 heavy (non-hydrogen) atoms. The van der Waals surface area contributed by atoms with Crippen LogP contribution >= 0.6 is 0 Å². The highest BCUT2D eigenvalue weighted by Gasteiger charge is 2.18. The highest BCUT2D eigenvalue weighted by Crippen LogP contribution is 2.31. The van der Waals surface area contributed by atoms with Gasteiger partial charge in [-0.15, -0.1) is 0 Å². The van der Waals surface area contributed by atoms with Crippen molar-refractivity contribution in [3.8, 4) is 0 Å². The van der Waals surface area contributed by atoms with E-state index < -0.39 is 0 Å². The highest BCUT2D eigenvalue weighted by atomic mass is 14.2. The van der Waals surface area contributed by atoms with Gasteiger partial charge in [0.05, 0.1) is 0 Å². The van der Waals surface area contributed by atoms with Crippen LogP contribution in [0.4, 0.5) is 0 Å². The average molecular weight is 234 g/mol. The van der Waals surface area contributed by atoms with Crippen molar-refractivity contribution in [3.63, 3.8) is 0 Å². The number of hydrogen-bond acceptors (Lipinski definition) is 0. The van der Waals surface area contributed by atoms with Crippen LogP contribution in [0.5, 0.6) is 0 Å². The van der Waals surface area contributed by atoms with E-state index >= 15 is 0 Å². The minimum Gasteiger partial charge on any atom is -0.0620 e. The smallest absolute Gasteiger partial charge is 0.00200 e. The molecule has 0 aliphatic heterocycles. The molecule has 0 heterocycles. The van der Waals surface area contributed by atoms with Gasteiger partial charge in [-0.25, -0.2) is 0 Å². The molecule has 0 aromatic heterocycles. The van der Waals surface area contributed by atoms with Crippen LogP contribution in [0.2, 0.25) is 0 Å². The van der Waals surface area contributed by atoms with Gasteiger partial charge in [0.1, 0.15) is 0 Å². The fourth-order valence-electron chi connectivity index (χ4n) is 3.53. The van der Waals surface area contributed by atoms with Crippen molar-refractivity contribution in [1.82, 2.24) is 0 Å². The largest absolute Gasteiger partial charge is 0.0620 e. The molecule has 2 aromatic carbocycles. The fourth-order valence-corrected chi connectivity index (χ4v) is 3.53. The first-order valence-electron chi connectivity index (χ1n) is 7.10. The quantitative estimate of drug-likeness (QED) is 0.550. The Hall–Kier alpha value is -1.56. The Morgan fingerprint density at radius 2 is 1.06 bits per heavy atom. The minimum atomic E-state index is 1.14. The molecular formula is C18H18. The van der Waals surface area contributed by atoms with Crippen molar-refractivity contribution in [3.05, 3.63) is 69.8 Å². The van der Waals surface area contributed by atoms with Gasteiger partial charge < -0.3 is 0 Å². The predicted molar refractivity (Wildman–Crippen MR) is 75.1 cm³/mol. The number of fused-ring (bicyclic) bond motifs is 3. The summed E-state index contributed by atoms with van der Waals surface area (Å²) in [4.78, 5) is 0. The summed E-state index contributed by atoms with van der Waals surface area (Å²) in [6.45, 7) is 0. The first-order chi connectivity index (χ1) is 8.90. The molecule has 0 unspecified atom stereocenters. The molecule has 0 radical (unpaired) electrons. The van der Waals surface area contributed by atoms with Gasteiger partial charge in [0.25, 0.3) is 0 Å². The zero-order valence-electron chi connectivity index (χ0n) is 10.7. The van der Waals surface area contributed by atoms with Crippen LogP contribution in [0.3, 0.4) is 0 Å². The van der Waals surface area contributed by atoms with Gasteiger partial charge in [-0.2, -0.15) is 0 Å². The fraction of sp³-hybridized carbons (Fsp3) is 0.333. The van der Waals surface area contributed by atoms with Crippen molar-refractivity contribution in [2.24, 2.45) is 0 Å². The molecule has 2 aliphatic rings. The maximum Gasteiger partial charge on any atom is -0.00200 e. The van der Waals surface area contributed by atoms with E-state index in [2.05, 4.69) is 36.4 Å². The van der Waals surface area contributed by atoms with E-state index in [1.54, 1.807) is 22.3 Å². The third-order valence-corrected chi connectivity index (χ3v) is 4.54. The average Bonchev–Trinajstić information content (AvgIpc) is 2.42. The van der Waals surface area contributed by atoms with Crippen molar-refractivity contribution >= 4 is 0 Å². The lowest BCUT2D eigenvalue weighted by molar-refractivity contribution is 0.682. The zero-order valence-corrected chi connectivity index (χ0v) is 10.7. The van der Waals surface area contributed by atoms with E-state index in [0.717, 1.165) is 12.8 Å². The Kier molecular flexibility index (Phi) is 2.29. The van der Waals surface area contributed by atoms with Gasteiger partial charge in [0.15, 0.2) is 0 Å². The molecule has 0 heteroatoms. The number of aryl methyl sites for hydroxylation is 2. The maximum atomic E-state index is 2.50. The number of hydrogen-bond donors (Lipinski definition) is 0. The first-order valence-corrected chi connectivity index (χ1v) is 7.10. The lowest BCUT2D eigenvalue weighted by Gasteiger charge is -2.24. The van der Waals surface area contributed by atoms with Crippen LogP contribution in [-0.2, 0) is 25.7 Å². The summed E-state index contributed by atoms with van der Waals surface area (Å²) in [5.74, 6) is 0. The molecule has 0 spiro atoms. The Morgan fingerprint density at radius 1 is 0.556 bits per heavy atom. The number of benzene rings is 2. The molecular weight excluding hydrogens is 216 g/mol. The second-order valence-electron chi connectivity index (χ2n) is 5.72. The van der Waals surface area contributed by atoms with Gasteiger partial charge in [-0.1, -0.05) is 36.4 Å². The molecule has 2 aromatic rings. The highest BCUT2D eigenvalue weighted by molar-refractivity contribution is 5.49. The maximum absolute atomic E-state index is 2.50. The van der Waals surface area contributed by atoms with Gasteiger partial charge in [-0.3, -0.25) is 0 Å². The summed E-state index contributed by atoms with van der Waals surface area (Å²) in [5, 5.41) is 0. The summed E-state index contributed by atoms with van der Waals surface area (Å²) >= 11 is 0. The van der Waals surface area contributed by atoms with E-state index in [0.29, 0.717) is 0 Å². The molecule has 0 fully saturated rings. The van der Waals surface area contributed by atoms with Gasteiger partial charge in [-0.05, 0) is 71.9 Å². The summed E-state index contributed by atoms with van der Waals surface area (Å²) < 4.78 is 0. The molecule has 4 rings (SSSR count). The van der Waals surface area contributed by atoms with E-state index in [1.807, 2.05) is 0 Å². The minimum absolute atomic E-state index is 1.14. The lowest BCUT2D eigenvalue weighted by Crippen LogP contribution is -2.11. The molecule has 0 bridgehead atoms. The molecule has 2 aliphatic carbocycles. The molecule has 0 N–H and O–H groups in total. The Labute approximate surface area is 109 Å². The van der Waals surface area contributed by atoms with E-state index in [-0.39, 0.29) is 0 Å². The lowest BCUT2D eigenvalue weighted by atomic mass is 9.81. The first kappa shape index (κ1) is 10.4. The summed E-state index contributed by atoms with van der Waals surface area (Å²) in [6.07, 6.45) is 7.62. The van der Waals surface area contributed by atoms with E-state index in [9.17, 15) is 0 Å². The number of rotatable bonds is 0. The second kappa shape index (κ2) is 3.98. The Morgan fingerprint density at radius 3 is 1.56 bits per heavy atom. The zero-order chi connectivity index (χ0) is 11.9. The molecule has 0 saturated heterocycles. The van der Waals surface area contributed by atoms with Crippen LogP contribution in [0, 0.1) is 0 Å². The summed E-state index contributed by atoms with van der Waals surface area (Å²) in [6, 6.07) is 13.9. The van der Waals surface area contributed by atoms with E-state index in [4.69, 9.17) is 0 Å². The van der Waals surface area contributed by atoms with Crippen LogP contribution in [0.15, 0.2) is 36.4 Å². The van der Waals surface area contributed by atoms with Crippen LogP contribution in [0.25, 0.3) is 0 Å². The van der Waals surface area contributed by atoms with Crippen molar-refractivity contribution in [2.45, 2.75) is 38.5 Å². The SMILES string of the molecule is c1ccc2c(c1)Cc1cc3c(cc1C2)CCCC3. The van der Waals surface area contributed by atoms with Crippen molar-refractivity contribution in [1.29, 1.82) is 0 Å². The molecule has 0 nitrogen and oxygen atoms in total. The summed E-state index contributed by atoms with van der Waals surface area (Å²) in [5.41, 5.74) is 9.46. The molecule has 0 atom stereocenters. The monoisotopic (exact) mass is 234 g/mol. The van der Waals surface area contributed by atoms with E-state index in [1.165, 1.54) is 36.8 Å². The summed E-state index contributed by atoms with van der Waals surface area (Å²) in [7, 11) is 0. The Balaban J connectivity index is 1.81. The molecule has 0 amide bonds. The van der Waals surface area contributed by atoms with Crippen LogP contribution in [-0.4, -0.2) is 0 Å². The van der Waals surface area contributed by atoms with Crippen LogP contribution in [0.1, 0.15) is 46.2 Å². The normalized spacial score (nSPS) is 16.7. The third-order valence-electron chi connectivity index (χ3n) is 4.54. The third kappa shape index (κ3) is 1.59. The standard InChI is InChI=1S/C18H18/c1-2-6-14-10-18-12-16-8-4-3-7-15(16)11-17(18)9-13(14)5-1/h1-2,5-6,11-12H,3-4,7-10H2. The van der Waals surface area contributed by atoms with Crippen molar-refractivity contribution < 1.29 is 0 Å². The second-order valence-corrected chi connectivity index (χ2v) is 5.72.